The molecular formula is C19H16ClNO2S2. The first-order valence-electron chi connectivity index (χ1n) is 7.74. The predicted octanol–water partition coefficient (Wildman–Crippen LogP) is 6.37. The first kappa shape index (κ1) is 17.9. The molecule has 6 heteroatoms. The van der Waals surface area contributed by atoms with Crippen molar-refractivity contribution in [2.24, 2.45) is 4.99 Å². The standard InChI is InChI=1S/C19H16ClNO2S2/c1-3-23-19(22)17-15(14-6-4-5-7-16(14)20)11-24-18(17)21-10-13-9-8-12(2)25-13/h4-11H,3H2,1-2H3/b21-10+. The number of hydrogen-bond acceptors (Lipinski definition) is 5. The number of aryl methyl sites for hydroxylation is 1. The van der Waals surface area contributed by atoms with Crippen LogP contribution in [0.5, 0.6) is 0 Å². The van der Waals surface area contributed by atoms with Crippen LogP contribution in [-0.4, -0.2) is 18.8 Å². The maximum atomic E-state index is 12.5. The molecule has 3 rings (SSSR count). The maximum Gasteiger partial charge on any atom is 0.341 e. The lowest BCUT2D eigenvalue weighted by molar-refractivity contribution is 0.0529. The molecule has 0 aliphatic heterocycles. The number of aliphatic imine (C=N–C) groups is 1. The molecular weight excluding hydrogens is 374 g/mol. The topological polar surface area (TPSA) is 38.7 Å². The summed E-state index contributed by atoms with van der Waals surface area (Å²) in [5, 5.41) is 3.12. The van der Waals surface area contributed by atoms with Gasteiger partial charge in [-0.15, -0.1) is 22.7 Å². The minimum Gasteiger partial charge on any atom is -0.462 e. The van der Waals surface area contributed by atoms with E-state index in [-0.39, 0.29) is 5.97 Å². The molecule has 3 nitrogen and oxygen atoms in total. The monoisotopic (exact) mass is 389 g/mol. The third kappa shape index (κ3) is 4.00. The summed E-state index contributed by atoms with van der Waals surface area (Å²) in [5.41, 5.74) is 2.02. The van der Waals surface area contributed by atoms with E-state index in [1.165, 1.54) is 16.2 Å². The minimum atomic E-state index is -0.381. The third-order valence-corrected chi connectivity index (χ3v) is 5.64. The Morgan fingerprint density at radius 3 is 2.72 bits per heavy atom. The number of carbonyl (C=O) groups excluding carboxylic acids is 1. The van der Waals surface area contributed by atoms with E-state index in [4.69, 9.17) is 16.3 Å². The fourth-order valence-corrected chi connectivity index (χ4v) is 4.25. The number of rotatable bonds is 5. The first-order chi connectivity index (χ1) is 12.1. The van der Waals surface area contributed by atoms with Crippen LogP contribution >= 0.6 is 34.3 Å². The number of ether oxygens (including phenoxy) is 1. The molecule has 2 heterocycles. The SMILES string of the molecule is CCOC(=O)c1c(-c2ccccc2Cl)csc1/N=C/c1ccc(C)s1. The molecule has 0 atom stereocenters. The number of benzene rings is 1. The van der Waals surface area contributed by atoms with E-state index in [2.05, 4.69) is 4.99 Å². The van der Waals surface area contributed by atoms with Crippen molar-refractivity contribution in [1.29, 1.82) is 0 Å². The number of halogens is 1. The van der Waals surface area contributed by atoms with Crippen molar-refractivity contribution >= 4 is 51.5 Å². The molecule has 0 aliphatic carbocycles. The number of thiophene rings is 2. The van der Waals surface area contributed by atoms with Gasteiger partial charge in [0.1, 0.15) is 10.6 Å². The molecule has 0 N–H and O–H groups in total. The van der Waals surface area contributed by atoms with Gasteiger partial charge in [-0.3, -0.25) is 0 Å². The number of nitrogens with zero attached hydrogens (tertiary/aromatic N) is 1. The average molecular weight is 390 g/mol. The largest absolute Gasteiger partial charge is 0.462 e. The molecule has 0 fully saturated rings. The second-order valence-electron chi connectivity index (χ2n) is 5.24. The Hall–Kier alpha value is -1.95. The molecule has 0 spiro atoms. The fourth-order valence-electron chi connectivity index (χ4n) is 2.37. The molecule has 3 aromatic rings. The van der Waals surface area contributed by atoms with Gasteiger partial charge in [0.2, 0.25) is 0 Å². The van der Waals surface area contributed by atoms with E-state index in [1.54, 1.807) is 30.5 Å². The molecule has 128 valence electrons. The van der Waals surface area contributed by atoms with Crippen molar-refractivity contribution < 1.29 is 9.53 Å². The summed E-state index contributed by atoms with van der Waals surface area (Å²) < 4.78 is 5.24. The molecule has 1 aromatic carbocycles. The summed E-state index contributed by atoms with van der Waals surface area (Å²) in [6, 6.07) is 11.5. The lowest BCUT2D eigenvalue weighted by atomic mass is 10.0. The van der Waals surface area contributed by atoms with Crippen LogP contribution in [0.2, 0.25) is 5.02 Å². The Balaban J connectivity index is 2.05. The van der Waals surface area contributed by atoms with Crippen LogP contribution in [0.15, 0.2) is 46.8 Å². The molecule has 25 heavy (non-hydrogen) atoms. The van der Waals surface area contributed by atoms with Crippen LogP contribution in [0.1, 0.15) is 27.0 Å². The smallest absolute Gasteiger partial charge is 0.341 e. The zero-order valence-electron chi connectivity index (χ0n) is 13.8. The van der Waals surface area contributed by atoms with E-state index >= 15 is 0 Å². The van der Waals surface area contributed by atoms with Gasteiger partial charge in [0.25, 0.3) is 0 Å². The zero-order chi connectivity index (χ0) is 17.8. The van der Waals surface area contributed by atoms with Gasteiger partial charge in [-0.2, -0.15) is 0 Å². The molecule has 0 saturated carbocycles. The predicted molar refractivity (Wildman–Crippen MR) is 107 cm³/mol. The van der Waals surface area contributed by atoms with Crippen LogP contribution in [0, 0.1) is 6.92 Å². The van der Waals surface area contributed by atoms with Crippen LogP contribution in [0.3, 0.4) is 0 Å². The van der Waals surface area contributed by atoms with E-state index < -0.39 is 0 Å². The third-order valence-electron chi connectivity index (χ3n) is 3.49. The Kier molecular flexibility index (Phi) is 5.68. The van der Waals surface area contributed by atoms with Crippen LogP contribution < -0.4 is 0 Å². The van der Waals surface area contributed by atoms with Crippen LogP contribution in [0.25, 0.3) is 11.1 Å². The van der Waals surface area contributed by atoms with Gasteiger partial charge in [-0.1, -0.05) is 29.8 Å². The van der Waals surface area contributed by atoms with Crippen molar-refractivity contribution in [2.75, 3.05) is 6.61 Å². The Morgan fingerprint density at radius 2 is 2.04 bits per heavy atom. The summed E-state index contributed by atoms with van der Waals surface area (Å²) in [5.74, 6) is -0.381. The lowest BCUT2D eigenvalue weighted by Gasteiger charge is -2.07. The molecule has 2 aromatic heterocycles. The van der Waals surface area contributed by atoms with Gasteiger partial charge in [0.15, 0.2) is 0 Å². The number of hydrogen-bond donors (Lipinski definition) is 0. The highest BCUT2D eigenvalue weighted by molar-refractivity contribution is 7.15. The maximum absolute atomic E-state index is 12.5. The minimum absolute atomic E-state index is 0.309. The molecule has 0 amide bonds. The van der Waals surface area contributed by atoms with Crippen LogP contribution in [0.4, 0.5) is 5.00 Å². The van der Waals surface area contributed by atoms with E-state index in [0.29, 0.717) is 22.2 Å². The van der Waals surface area contributed by atoms with Gasteiger partial charge in [-0.05, 0) is 32.0 Å². The fraction of sp³-hybridized carbons (Fsp3) is 0.158. The van der Waals surface area contributed by atoms with Crippen LogP contribution in [-0.2, 0) is 4.74 Å². The Labute approximate surface area is 159 Å². The normalized spacial score (nSPS) is 11.2. The van der Waals surface area contributed by atoms with Crippen molar-refractivity contribution in [3.63, 3.8) is 0 Å². The molecule has 0 unspecified atom stereocenters. The first-order valence-corrected chi connectivity index (χ1v) is 9.81. The van der Waals surface area contributed by atoms with E-state index in [1.807, 2.05) is 42.6 Å². The zero-order valence-corrected chi connectivity index (χ0v) is 16.2. The van der Waals surface area contributed by atoms with E-state index in [0.717, 1.165) is 16.0 Å². The summed E-state index contributed by atoms with van der Waals surface area (Å²) >= 11 is 9.38. The van der Waals surface area contributed by atoms with Gasteiger partial charge < -0.3 is 4.74 Å². The summed E-state index contributed by atoms with van der Waals surface area (Å²) in [7, 11) is 0. The van der Waals surface area contributed by atoms with Crippen molar-refractivity contribution in [3.05, 3.63) is 62.1 Å². The van der Waals surface area contributed by atoms with Gasteiger partial charge >= 0.3 is 5.97 Å². The average Bonchev–Trinajstić information content (AvgIpc) is 3.19. The van der Waals surface area contributed by atoms with Gasteiger partial charge in [-0.25, -0.2) is 9.79 Å². The highest BCUT2D eigenvalue weighted by atomic mass is 35.5. The second-order valence-corrected chi connectivity index (χ2v) is 7.82. The highest BCUT2D eigenvalue weighted by Crippen LogP contribution is 2.40. The molecule has 0 saturated heterocycles. The van der Waals surface area contributed by atoms with Crippen molar-refractivity contribution in [1.82, 2.24) is 0 Å². The van der Waals surface area contributed by atoms with Gasteiger partial charge in [0, 0.05) is 37.5 Å². The lowest BCUT2D eigenvalue weighted by Crippen LogP contribution is -2.05. The Bertz CT molecular complexity index is 927. The van der Waals surface area contributed by atoms with Crippen molar-refractivity contribution in [2.45, 2.75) is 13.8 Å². The summed E-state index contributed by atoms with van der Waals surface area (Å²) in [6.07, 6.45) is 1.78. The highest BCUT2D eigenvalue weighted by Gasteiger charge is 2.22. The quantitative estimate of drug-likeness (QED) is 0.376. The summed E-state index contributed by atoms with van der Waals surface area (Å²) in [6.45, 7) is 4.15. The second kappa shape index (κ2) is 7.95. The molecule has 0 aliphatic rings. The van der Waals surface area contributed by atoms with E-state index in [9.17, 15) is 4.79 Å². The van der Waals surface area contributed by atoms with Crippen molar-refractivity contribution in [3.8, 4) is 11.1 Å². The summed E-state index contributed by atoms with van der Waals surface area (Å²) in [4.78, 5) is 19.3. The van der Waals surface area contributed by atoms with Gasteiger partial charge in [0.05, 0.1) is 6.61 Å². The molecule has 0 bridgehead atoms. The Morgan fingerprint density at radius 1 is 1.24 bits per heavy atom. The number of esters is 1. The molecule has 0 radical (unpaired) electrons. The number of carbonyl (C=O) groups is 1.